The standard InChI is InChI=1S/C15H13ClF3NO3/c16-11-6-5-8(15(17,18)19)7-12(11)20-13(21)9-3-1-2-4-10(9)14(22)23/h1-2,5-7,9-10H,3-4H2,(H,20,21)(H,22,23)/p-1/t9-,10+/m0/s1. The SMILES string of the molecule is O=C(Nc1cc(C(F)(F)F)ccc1Cl)[C@H]1CC=CC[C@H]1C(=O)[O-]. The summed E-state index contributed by atoms with van der Waals surface area (Å²) >= 11 is 5.80. The number of hydrogen-bond acceptors (Lipinski definition) is 3. The first-order chi connectivity index (χ1) is 10.7. The molecule has 8 heteroatoms. The predicted molar refractivity (Wildman–Crippen MR) is 75.4 cm³/mol. The maximum absolute atomic E-state index is 12.7. The molecule has 0 saturated carbocycles. The molecule has 1 aliphatic rings. The van der Waals surface area contributed by atoms with Crippen molar-refractivity contribution in [1.82, 2.24) is 0 Å². The monoisotopic (exact) mass is 346 g/mol. The van der Waals surface area contributed by atoms with E-state index < -0.39 is 35.5 Å². The number of benzene rings is 1. The van der Waals surface area contributed by atoms with Crippen molar-refractivity contribution in [3.05, 3.63) is 40.9 Å². The minimum atomic E-state index is -4.58. The number of amides is 1. The number of halogens is 4. The molecule has 0 aromatic heterocycles. The van der Waals surface area contributed by atoms with Crippen molar-refractivity contribution in [2.75, 3.05) is 5.32 Å². The lowest BCUT2D eigenvalue weighted by molar-refractivity contribution is -0.313. The van der Waals surface area contributed by atoms with Crippen molar-refractivity contribution in [1.29, 1.82) is 0 Å². The molecule has 1 amide bonds. The van der Waals surface area contributed by atoms with Gasteiger partial charge < -0.3 is 15.2 Å². The van der Waals surface area contributed by atoms with Gasteiger partial charge in [-0.05, 0) is 31.0 Å². The van der Waals surface area contributed by atoms with Gasteiger partial charge in [-0.3, -0.25) is 4.79 Å². The number of hydrogen-bond donors (Lipinski definition) is 1. The molecule has 1 aromatic rings. The molecule has 0 unspecified atom stereocenters. The van der Waals surface area contributed by atoms with Gasteiger partial charge in [0.1, 0.15) is 0 Å². The Balaban J connectivity index is 2.23. The van der Waals surface area contributed by atoms with Crippen molar-refractivity contribution >= 4 is 29.2 Å². The smallest absolute Gasteiger partial charge is 0.416 e. The molecule has 0 saturated heterocycles. The molecule has 1 N–H and O–H groups in total. The number of aliphatic carboxylic acids is 1. The van der Waals surface area contributed by atoms with Crippen molar-refractivity contribution in [2.24, 2.45) is 11.8 Å². The van der Waals surface area contributed by atoms with E-state index in [4.69, 9.17) is 11.6 Å². The molecule has 0 spiro atoms. The average molecular weight is 347 g/mol. The van der Waals surface area contributed by atoms with Crippen LogP contribution in [0.25, 0.3) is 0 Å². The van der Waals surface area contributed by atoms with E-state index >= 15 is 0 Å². The van der Waals surface area contributed by atoms with Crippen molar-refractivity contribution in [2.45, 2.75) is 19.0 Å². The van der Waals surface area contributed by atoms with E-state index in [-0.39, 0.29) is 23.6 Å². The summed E-state index contributed by atoms with van der Waals surface area (Å²) in [5.74, 6) is -4.02. The summed E-state index contributed by atoms with van der Waals surface area (Å²) in [6, 6.07) is 2.54. The minimum Gasteiger partial charge on any atom is -0.550 e. The molecular weight excluding hydrogens is 335 g/mol. The van der Waals surface area contributed by atoms with Gasteiger partial charge in [-0.25, -0.2) is 0 Å². The van der Waals surface area contributed by atoms with Gasteiger partial charge in [0.25, 0.3) is 0 Å². The lowest BCUT2D eigenvalue weighted by Gasteiger charge is -2.28. The fourth-order valence-corrected chi connectivity index (χ4v) is 2.55. The van der Waals surface area contributed by atoms with Crippen LogP contribution in [0, 0.1) is 11.8 Å². The fraction of sp³-hybridized carbons (Fsp3) is 0.333. The highest BCUT2D eigenvalue weighted by Crippen LogP contribution is 2.34. The molecule has 4 nitrogen and oxygen atoms in total. The van der Waals surface area contributed by atoms with Crippen LogP contribution in [0.2, 0.25) is 5.02 Å². The van der Waals surface area contributed by atoms with E-state index in [0.717, 1.165) is 12.1 Å². The molecule has 124 valence electrons. The van der Waals surface area contributed by atoms with Gasteiger partial charge in [0.15, 0.2) is 0 Å². The number of nitrogens with one attached hydrogen (secondary N) is 1. The zero-order valence-corrected chi connectivity index (χ0v) is 12.4. The molecule has 0 heterocycles. The van der Waals surface area contributed by atoms with Crippen LogP contribution in [0.5, 0.6) is 0 Å². The number of alkyl halides is 3. The van der Waals surface area contributed by atoms with Crippen molar-refractivity contribution in [3.63, 3.8) is 0 Å². The Bertz CT molecular complexity index is 658. The first-order valence-corrected chi connectivity index (χ1v) is 7.11. The first kappa shape index (κ1) is 17.3. The second kappa shape index (κ2) is 6.62. The van der Waals surface area contributed by atoms with Crippen molar-refractivity contribution < 1.29 is 27.9 Å². The van der Waals surface area contributed by atoms with Gasteiger partial charge in [0.05, 0.1) is 22.2 Å². The highest BCUT2D eigenvalue weighted by Gasteiger charge is 2.33. The number of carbonyl (C=O) groups is 2. The summed E-state index contributed by atoms with van der Waals surface area (Å²) in [5, 5.41) is 13.3. The third-order valence-corrected chi connectivity index (χ3v) is 3.95. The van der Waals surface area contributed by atoms with Crippen LogP contribution in [-0.2, 0) is 15.8 Å². The van der Waals surface area contributed by atoms with Crippen LogP contribution in [0.4, 0.5) is 18.9 Å². The Morgan fingerprint density at radius 1 is 1.17 bits per heavy atom. The Morgan fingerprint density at radius 3 is 2.35 bits per heavy atom. The molecular formula is C15H12ClF3NO3-. The molecule has 2 rings (SSSR count). The topological polar surface area (TPSA) is 69.2 Å². The summed E-state index contributed by atoms with van der Waals surface area (Å²) in [6.07, 6.45) is -0.998. The Kier molecular flexibility index (Phi) is 4.99. The number of anilines is 1. The Labute approximate surface area is 134 Å². The molecule has 0 bridgehead atoms. The van der Waals surface area contributed by atoms with Gasteiger partial charge in [0, 0.05) is 11.9 Å². The van der Waals surface area contributed by atoms with Gasteiger partial charge in [-0.15, -0.1) is 0 Å². The predicted octanol–water partition coefficient (Wildman–Crippen LogP) is 2.63. The number of carboxylic acid groups (broad SMARTS) is 1. The number of carboxylic acids is 1. The zero-order chi connectivity index (χ0) is 17.2. The average Bonchev–Trinajstić information content (AvgIpc) is 2.48. The summed E-state index contributed by atoms with van der Waals surface area (Å²) < 4.78 is 38.1. The largest absolute Gasteiger partial charge is 0.550 e. The summed E-state index contributed by atoms with van der Waals surface area (Å²) in [5.41, 5.74) is -1.17. The number of rotatable bonds is 3. The lowest BCUT2D eigenvalue weighted by Crippen LogP contribution is -2.41. The van der Waals surface area contributed by atoms with E-state index in [2.05, 4.69) is 5.32 Å². The second-order valence-electron chi connectivity index (χ2n) is 5.16. The Morgan fingerprint density at radius 2 is 1.78 bits per heavy atom. The van der Waals surface area contributed by atoms with Crippen LogP contribution in [0.1, 0.15) is 18.4 Å². The minimum absolute atomic E-state index is 0.0669. The highest BCUT2D eigenvalue weighted by molar-refractivity contribution is 6.33. The van der Waals surface area contributed by atoms with E-state index in [1.165, 1.54) is 0 Å². The highest BCUT2D eigenvalue weighted by atomic mass is 35.5. The van der Waals surface area contributed by atoms with Crippen LogP contribution in [-0.4, -0.2) is 11.9 Å². The van der Waals surface area contributed by atoms with Gasteiger partial charge in [-0.2, -0.15) is 13.2 Å². The molecule has 2 atom stereocenters. The van der Waals surface area contributed by atoms with Crippen LogP contribution in [0.15, 0.2) is 30.4 Å². The van der Waals surface area contributed by atoms with Crippen LogP contribution in [0.3, 0.4) is 0 Å². The number of allylic oxidation sites excluding steroid dienone is 2. The molecule has 0 radical (unpaired) electrons. The molecule has 0 fully saturated rings. The van der Waals surface area contributed by atoms with Gasteiger partial charge in [0.2, 0.25) is 5.91 Å². The van der Waals surface area contributed by atoms with E-state index in [0.29, 0.717) is 6.07 Å². The van der Waals surface area contributed by atoms with E-state index in [9.17, 15) is 27.9 Å². The molecule has 0 aliphatic heterocycles. The second-order valence-corrected chi connectivity index (χ2v) is 5.56. The van der Waals surface area contributed by atoms with E-state index in [1.807, 2.05) is 0 Å². The third-order valence-electron chi connectivity index (χ3n) is 3.62. The third kappa shape index (κ3) is 4.04. The molecule has 1 aromatic carbocycles. The fourth-order valence-electron chi connectivity index (χ4n) is 2.39. The van der Waals surface area contributed by atoms with Gasteiger partial charge in [-0.1, -0.05) is 23.8 Å². The number of carbonyl (C=O) groups excluding carboxylic acids is 2. The summed E-state index contributed by atoms with van der Waals surface area (Å²) in [7, 11) is 0. The maximum Gasteiger partial charge on any atom is 0.416 e. The lowest BCUT2D eigenvalue weighted by atomic mass is 9.82. The van der Waals surface area contributed by atoms with Crippen molar-refractivity contribution in [3.8, 4) is 0 Å². The zero-order valence-electron chi connectivity index (χ0n) is 11.7. The summed E-state index contributed by atoms with van der Waals surface area (Å²) in [4.78, 5) is 23.3. The normalized spacial score (nSPS) is 21.0. The summed E-state index contributed by atoms with van der Waals surface area (Å²) in [6.45, 7) is 0. The van der Waals surface area contributed by atoms with Crippen LogP contribution >= 0.6 is 11.6 Å². The maximum atomic E-state index is 12.7. The molecule has 1 aliphatic carbocycles. The van der Waals surface area contributed by atoms with Gasteiger partial charge >= 0.3 is 6.18 Å². The Hall–Kier alpha value is -2.02. The first-order valence-electron chi connectivity index (χ1n) is 6.73. The van der Waals surface area contributed by atoms with E-state index in [1.54, 1.807) is 12.2 Å². The molecule has 23 heavy (non-hydrogen) atoms. The quantitative estimate of drug-likeness (QED) is 0.855. The van der Waals surface area contributed by atoms with Crippen LogP contribution < -0.4 is 10.4 Å².